The molecule has 3 aromatic carbocycles. The first-order chi connectivity index (χ1) is 15.1. The van der Waals surface area contributed by atoms with Crippen LogP contribution in [-0.4, -0.2) is 46.3 Å². The lowest BCUT2D eigenvalue weighted by atomic mass is 9.98. The van der Waals surface area contributed by atoms with Gasteiger partial charge in [0.25, 0.3) is 0 Å². The van der Waals surface area contributed by atoms with E-state index in [-0.39, 0.29) is 19.3 Å². The van der Waals surface area contributed by atoms with Crippen LogP contribution in [0.25, 0.3) is 0 Å². The van der Waals surface area contributed by atoms with E-state index < -0.39 is 17.8 Å². The van der Waals surface area contributed by atoms with Crippen molar-refractivity contribution in [2.24, 2.45) is 0 Å². The molecule has 0 N–H and O–H groups in total. The minimum atomic E-state index is -0.798. The molecule has 1 fully saturated rings. The summed E-state index contributed by atoms with van der Waals surface area (Å²) in [5.41, 5.74) is 2.85. The van der Waals surface area contributed by atoms with Gasteiger partial charge in [0.2, 0.25) is 0 Å². The van der Waals surface area contributed by atoms with Crippen LogP contribution < -0.4 is 0 Å². The topological polar surface area (TPSA) is 60.9 Å². The van der Waals surface area contributed by atoms with Crippen molar-refractivity contribution in [1.82, 2.24) is 14.7 Å². The van der Waals surface area contributed by atoms with Crippen molar-refractivity contribution < 1.29 is 14.4 Å². The van der Waals surface area contributed by atoms with Gasteiger partial charge in [0.05, 0.1) is 19.3 Å². The molecule has 3 aromatic rings. The monoisotopic (exact) mass is 413 g/mol. The van der Waals surface area contributed by atoms with E-state index in [0.29, 0.717) is 0 Å². The second kappa shape index (κ2) is 8.93. The van der Waals surface area contributed by atoms with E-state index in [2.05, 4.69) is 0 Å². The lowest BCUT2D eigenvalue weighted by Crippen LogP contribution is -2.42. The number of carbonyl (C=O) groups excluding carboxylic acids is 3. The zero-order valence-corrected chi connectivity index (χ0v) is 17.2. The Labute approximate surface area is 181 Å². The molecular weight excluding hydrogens is 390 g/mol. The Morgan fingerprint density at radius 3 is 1.65 bits per heavy atom. The van der Waals surface area contributed by atoms with E-state index in [1.807, 2.05) is 103 Å². The maximum Gasteiger partial charge on any atom is 0.335 e. The number of nitrogens with zero attached hydrogens (tertiary/aromatic N) is 3. The van der Waals surface area contributed by atoms with Gasteiger partial charge in [-0.05, 0) is 23.7 Å². The Morgan fingerprint density at radius 2 is 1.13 bits per heavy atom. The highest BCUT2D eigenvalue weighted by molar-refractivity contribution is 6.44. The van der Waals surface area contributed by atoms with Crippen molar-refractivity contribution in [3.05, 3.63) is 108 Å². The molecule has 0 spiro atoms. The molecule has 0 bridgehead atoms. The number of hydrogen-bond acceptors (Lipinski definition) is 4. The third kappa shape index (κ3) is 4.25. The Morgan fingerprint density at radius 1 is 0.677 bits per heavy atom. The Bertz CT molecular complexity index is 1030. The molecule has 1 aliphatic heterocycles. The first-order valence-corrected chi connectivity index (χ1v) is 10.1. The molecule has 0 radical (unpaired) electrons. The largest absolute Gasteiger partial charge is 0.335 e. The minimum absolute atomic E-state index is 0.00313. The van der Waals surface area contributed by atoms with Gasteiger partial charge in [-0.1, -0.05) is 91.0 Å². The molecule has 1 saturated heterocycles. The number of hydrogen-bond donors (Lipinski definition) is 0. The average Bonchev–Trinajstić information content (AvgIpc) is 3.00. The zero-order valence-electron chi connectivity index (χ0n) is 17.2. The fourth-order valence-corrected chi connectivity index (χ4v) is 3.86. The number of amides is 4. The van der Waals surface area contributed by atoms with Crippen molar-refractivity contribution >= 4 is 17.8 Å². The molecule has 0 aliphatic carbocycles. The lowest BCUT2D eigenvalue weighted by Gasteiger charge is -2.31. The fraction of sp³-hybridized carbons (Fsp3) is 0.160. The van der Waals surface area contributed by atoms with Gasteiger partial charge in [0.15, 0.2) is 0 Å². The van der Waals surface area contributed by atoms with Crippen LogP contribution >= 0.6 is 0 Å². The molecular formula is C25H23N3O3. The number of benzene rings is 3. The first kappa shape index (κ1) is 20.5. The van der Waals surface area contributed by atoms with Crippen molar-refractivity contribution in [2.75, 3.05) is 13.7 Å². The Kier molecular flexibility index (Phi) is 5.91. The van der Waals surface area contributed by atoms with Gasteiger partial charge < -0.3 is 0 Å². The smallest absolute Gasteiger partial charge is 0.277 e. The summed E-state index contributed by atoms with van der Waals surface area (Å²) in [7, 11) is 1.84. The number of rotatable bonds is 7. The van der Waals surface area contributed by atoms with Gasteiger partial charge in [-0.2, -0.15) is 0 Å². The molecule has 4 amide bonds. The second-order valence-corrected chi connectivity index (χ2v) is 7.51. The molecule has 1 aliphatic rings. The summed E-state index contributed by atoms with van der Waals surface area (Å²) in [6, 6.07) is 28.1. The minimum Gasteiger partial charge on any atom is -0.277 e. The Hall–Kier alpha value is -3.77. The third-order valence-electron chi connectivity index (χ3n) is 5.35. The van der Waals surface area contributed by atoms with Crippen LogP contribution in [0.4, 0.5) is 4.79 Å². The molecule has 6 heteroatoms. The van der Waals surface area contributed by atoms with Crippen molar-refractivity contribution in [3.8, 4) is 0 Å². The van der Waals surface area contributed by atoms with E-state index in [0.717, 1.165) is 26.5 Å². The van der Waals surface area contributed by atoms with Crippen LogP contribution in [0.5, 0.6) is 0 Å². The summed E-state index contributed by atoms with van der Waals surface area (Å²) in [5.74, 6) is -1.59. The SMILES string of the molecule is CN(CN1C(=O)C(=O)N(Cc2ccccc2)C1=O)C(c1ccccc1)c1ccccc1. The van der Waals surface area contributed by atoms with Crippen LogP contribution in [0, 0.1) is 0 Å². The molecule has 0 saturated carbocycles. The van der Waals surface area contributed by atoms with Crippen LogP contribution in [0.1, 0.15) is 22.7 Å². The summed E-state index contributed by atoms with van der Waals surface area (Å²) in [4.78, 5) is 42.0. The first-order valence-electron chi connectivity index (χ1n) is 10.1. The van der Waals surface area contributed by atoms with E-state index in [4.69, 9.17) is 0 Å². The van der Waals surface area contributed by atoms with Crippen LogP contribution in [0.2, 0.25) is 0 Å². The lowest BCUT2D eigenvalue weighted by molar-refractivity contribution is -0.144. The van der Waals surface area contributed by atoms with Crippen molar-refractivity contribution in [1.29, 1.82) is 0 Å². The highest BCUT2D eigenvalue weighted by atomic mass is 16.2. The quantitative estimate of drug-likeness (QED) is 0.438. The third-order valence-corrected chi connectivity index (χ3v) is 5.35. The van der Waals surface area contributed by atoms with Gasteiger partial charge in [-0.3, -0.25) is 19.4 Å². The molecule has 156 valence electrons. The zero-order chi connectivity index (χ0) is 21.8. The summed E-state index contributed by atoms with van der Waals surface area (Å²) in [6.07, 6.45) is 0. The van der Waals surface area contributed by atoms with Crippen molar-refractivity contribution in [3.63, 3.8) is 0 Å². The highest BCUT2D eigenvalue weighted by Crippen LogP contribution is 2.28. The predicted octanol–water partition coefficient (Wildman–Crippen LogP) is 3.66. The molecule has 0 unspecified atom stereocenters. The van der Waals surface area contributed by atoms with Crippen LogP contribution in [0.3, 0.4) is 0 Å². The summed E-state index contributed by atoms with van der Waals surface area (Å²) < 4.78 is 0. The van der Waals surface area contributed by atoms with E-state index in [1.54, 1.807) is 0 Å². The molecule has 1 heterocycles. The van der Waals surface area contributed by atoms with Gasteiger partial charge in [0, 0.05) is 0 Å². The van der Waals surface area contributed by atoms with Gasteiger partial charge in [-0.25, -0.2) is 9.69 Å². The Balaban J connectivity index is 1.57. The van der Waals surface area contributed by atoms with Crippen LogP contribution in [0.15, 0.2) is 91.0 Å². The number of carbonyl (C=O) groups is 3. The average molecular weight is 413 g/mol. The van der Waals surface area contributed by atoms with E-state index in [9.17, 15) is 14.4 Å². The van der Waals surface area contributed by atoms with Gasteiger partial charge in [-0.15, -0.1) is 0 Å². The summed E-state index contributed by atoms with van der Waals surface area (Å²) >= 11 is 0. The van der Waals surface area contributed by atoms with Crippen molar-refractivity contribution in [2.45, 2.75) is 12.6 Å². The standard InChI is InChI=1S/C25H23N3O3/c1-26(22(20-13-7-3-8-14-20)21-15-9-4-10-16-21)18-28-24(30)23(29)27(25(28)31)17-19-11-5-2-6-12-19/h2-16,22H,17-18H2,1H3. The molecule has 4 rings (SSSR count). The predicted molar refractivity (Wildman–Crippen MR) is 117 cm³/mol. The van der Waals surface area contributed by atoms with Gasteiger partial charge >= 0.3 is 17.8 Å². The molecule has 6 nitrogen and oxygen atoms in total. The van der Waals surface area contributed by atoms with Gasteiger partial charge in [0.1, 0.15) is 0 Å². The van der Waals surface area contributed by atoms with E-state index in [1.165, 1.54) is 0 Å². The second-order valence-electron chi connectivity index (χ2n) is 7.51. The summed E-state index contributed by atoms with van der Waals surface area (Å²) in [5, 5.41) is 0. The number of urea groups is 1. The normalized spacial score (nSPS) is 14.2. The molecule has 0 aromatic heterocycles. The number of imide groups is 2. The summed E-state index contributed by atoms with van der Waals surface area (Å²) in [6.45, 7) is 0.0778. The maximum absolute atomic E-state index is 12.9. The highest BCUT2D eigenvalue weighted by Gasteiger charge is 2.45. The van der Waals surface area contributed by atoms with Crippen LogP contribution in [-0.2, 0) is 16.1 Å². The fourth-order valence-electron chi connectivity index (χ4n) is 3.86. The van der Waals surface area contributed by atoms with E-state index >= 15 is 0 Å². The maximum atomic E-state index is 12.9. The molecule has 0 atom stereocenters. The molecule has 31 heavy (non-hydrogen) atoms.